The fourth-order valence-electron chi connectivity index (χ4n) is 3.40. The van der Waals surface area contributed by atoms with E-state index < -0.39 is 0 Å². The number of amides is 2. The number of anilines is 2. The highest BCUT2D eigenvalue weighted by molar-refractivity contribution is 5.93. The van der Waals surface area contributed by atoms with Crippen LogP contribution in [0.5, 0.6) is 0 Å². The van der Waals surface area contributed by atoms with Crippen LogP contribution in [0.2, 0.25) is 0 Å². The van der Waals surface area contributed by atoms with Crippen molar-refractivity contribution in [1.82, 2.24) is 4.90 Å². The average molecular weight is 361 g/mol. The molecule has 1 aromatic rings. The van der Waals surface area contributed by atoms with E-state index >= 15 is 0 Å². The standard InChI is InChI=1S/C20H31N3O3/c1-5-23(15(3)4)18-11-9-17(10-12-18)21-19(24)16-8-7-13-22(14-16)20(25)26-6-2/h9-12,15-16H,5-8,13-14H2,1-4H3,(H,21,24). The predicted octanol–water partition coefficient (Wildman–Crippen LogP) is 3.73. The highest BCUT2D eigenvalue weighted by atomic mass is 16.6. The highest BCUT2D eigenvalue weighted by Gasteiger charge is 2.29. The zero-order valence-electron chi connectivity index (χ0n) is 16.3. The zero-order valence-corrected chi connectivity index (χ0v) is 16.3. The van der Waals surface area contributed by atoms with Gasteiger partial charge in [-0.2, -0.15) is 0 Å². The fraction of sp³-hybridized carbons (Fsp3) is 0.600. The van der Waals surface area contributed by atoms with Crippen LogP contribution in [0.15, 0.2) is 24.3 Å². The van der Waals surface area contributed by atoms with Crippen molar-refractivity contribution in [1.29, 1.82) is 0 Å². The second-order valence-corrected chi connectivity index (χ2v) is 6.90. The molecular formula is C20H31N3O3. The average Bonchev–Trinajstić information content (AvgIpc) is 2.63. The van der Waals surface area contributed by atoms with Crippen molar-refractivity contribution < 1.29 is 14.3 Å². The molecule has 1 aliphatic rings. The molecule has 6 heteroatoms. The Morgan fingerprint density at radius 1 is 1.27 bits per heavy atom. The molecule has 1 aliphatic heterocycles. The Balaban J connectivity index is 1.95. The molecule has 1 aromatic carbocycles. The third-order valence-corrected chi connectivity index (χ3v) is 4.75. The first-order valence-electron chi connectivity index (χ1n) is 9.55. The highest BCUT2D eigenvalue weighted by Crippen LogP contribution is 2.22. The summed E-state index contributed by atoms with van der Waals surface area (Å²) in [5.41, 5.74) is 1.93. The number of ether oxygens (including phenoxy) is 1. The third kappa shape index (κ3) is 5.13. The summed E-state index contributed by atoms with van der Waals surface area (Å²) in [5.74, 6) is -0.237. The van der Waals surface area contributed by atoms with Crippen LogP contribution >= 0.6 is 0 Å². The lowest BCUT2D eigenvalue weighted by atomic mass is 9.97. The van der Waals surface area contributed by atoms with Crippen molar-refractivity contribution >= 4 is 23.4 Å². The Bertz CT molecular complexity index is 601. The lowest BCUT2D eigenvalue weighted by Gasteiger charge is -2.31. The van der Waals surface area contributed by atoms with Gasteiger partial charge in [0.2, 0.25) is 5.91 Å². The molecule has 144 valence electrons. The molecule has 2 rings (SSSR count). The number of benzene rings is 1. The van der Waals surface area contributed by atoms with Gasteiger partial charge in [0.05, 0.1) is 12.5 Å². The molecule has 1 unspecified atom stereocenters. The van der Waals surface area contributed by atoms with Crippen LogP contribution < -0.4 is 10.2 Å². The number of nitrogens with one attached hydrogen (secondary N) is 1. The molecule has 0 aliphatic carbocycles. The summed E-state index contributed by atoms with van der Waals surface area (Å²) in [6.07, 6.45) is 1.27. The van der Waals surface area contributed by atoms with Crippen LogP contribution in [0.4, 0.5) is 16.2 Å². The van der Waals surface area contributed by atoms with Gasteiger partial charge in [0.15, 0.2) is 0 Å². The van der Waals surface area contributed by atoms with Crippen LogP contribution in [-0.2, 0) is 9.53 Å². The van der Waals surface area contributed by atoms with Gasteiger partial charge < -0.3 is 19.9 Å². The lowest BCUT2D eigenvalue weighted by molar-refractivity contribution is -0.121. The van der Waals surface area contributed by atoms with Gasteiger partial charge in [0.1, 0.15) is 0 Å². The summed E-state index contributed by atoms with van der Waals surface area (Å²) in [5, 5.41) is 2.98. The van der Waals surface area contributed by atoms with Gasteiger partial charge in [-0.1, -0.05) is 0 Å². The molecule has 26 heavy (non-hydrogen) atoms. The lowest BCUT2D eigenvalue weighted by Crippen LogP contribution is -2.44. The van der Waals surface area contributed by atoms with Crippen molar-refractivity contribution in [2.75, 3.05) is 36.5 Å². The van der Waals surface area contributed by atoms with E-state index in [4.69, 9.17) is 4.74 Å². The quantitative estimate of drug-likeness (QED) is 0.839. The predicted molar refractivity (Wildman–Crippen MR) is 105 cm³/mol. The number of rotatable bonds is 6. The maximum atomic E-state index is 12.6. The maximum Gasteiger partial charge on any atom is 0.409 e. The summed E-state index contributed by atoms with van der Waals surface area (Å²) in [6.45, 7) is 10.6. The molecule has 0 radical (unpaired) electrons. The van der Waals surface area contributed by atoms with Gasteiger partial charge in [-0.15, -0.1) is 0 Å². The molecule has 1 fully saturated rings. The number of piperidine rings is 1. The number of likely N-dealkylation sites (tertiary alicyclic amines) is 1. The van der Waals surface area contributed by atoms with Crippen molar-refractivity contribution in [3.63, 3.8) is 0 Å². The molecular weight excluding hydrogens is 330 g/mol. The van der Waals surface area contributed by atoms with Crippen molar-refractivity contribution in [2.24, 2.45) is 5.92 Å². The van der Waals surface area contributed by atoms with Crippen LogP contribution in [0.1, 0.15) is 40.5 Å². The number of carbonyl (C=O) groups is 2. The van der Waals surface area contributed by atoms with Gasteiger partial charge in [0.25, 0.3) is 0 Å². The number of hydrogen-bond donors (Lipinski definition) is 1. The maximum absolute atomic E-state index is 12.6. The Hall–Kier alpha value is -2.24. The van der Waals surface area contributed by atoms with E-state index in [9.17, 15) is 9.59 Å². The second kappa shape index (κ2) is 9.46. The Kier molecular flexibility index (Phi) is 7.30. The first kappa shape index (κ1) is 20.1. The molecule has 0 saturated carbocycles. The van der Waals surface area contributed by atoms with Crippen LogP contribution in [0.25, 0.3) is 0 Å². The van der Waals surface area contributed by atoms with Gasteiger partial charge in [-0.05, 0) is 64.8 Å². The van der Waals surface area contributed by atoms with Gasteiger partial charge in [-0.25, -0.2) is 4.79 Å². The Labute approximate surface area is 156 Å². The van der Waals surface area contributed by atoms with E-state index in [1.807, 2.05) is 24.3 Å². The number of nitrogens with zero attached hydrogens (tertiary/aromatic N) is 2. The summed E-state index contributed by atoms with van der Waals surface area (Å²) < 4.78 is 5.04. The van der Waals surface area contributed by atoms with E-state index in [2.05, 4.69) is 31.0 Å². The summed E-state index contributed by atoms with van der Waals surface area (Å²) >= 11 is 0. The summed E-state index contributed by atoms with van der Waals surface area (Å²) in [4.78, 5) is 28.4. The molecule has 6 nitrogen and oxygen atoms in total. The van der Waals surface area contributed by atoms with Crippen LogP contribution in [0, 0.1) is 5.92 Å². The third-order valence-electron chi connectivity index (χ3n) is 4.75. The van der Waals surface area contributed by atoms with Gasteiger partial charge in [-0.3, -0.25) is 4.79 Å². The number of carbonyl (C=O) groups excluding carboxylic acids is 2. The van der Waals surface area contributed by atoms with Crippen molar-refractivity contribution in [2.45, 2.75) is 46.6 Å². The molecule has 0 spiro atoms. The van der Waals surface area contributed by atoms with Crippen LogP contribution in [0.3, 0.4) is 0 Å². The minimum atomic E-state index is -0.331. The first-order valence-corrected chi connectivity index (χ1v) is 9.55. The fourth-order valence-corrected chi connectivity index (χ4v) is 3.40. The van der Waals surface area contributed by atoms with E-state index in [1.54, 1.807) is 11.8 Å². The van der Waals surface area contributed by atoms with Crippen molar-refractivity contribution in [3.05, 3.63) is 24.3 Å². The summed E-state index contributed by atoms with van der Waals surface area (Å²) in [6, 6.07) is 8.36. The summed E-state index contributed by atoms with van der Waals surface area (Å²) in [7, 11) is 0. The molecule has 0 aromatic heterocycles. The normalized spacial score (nSPS) is 17.1. The smallest absolute Gasteiger partial charge is 0.409 e. The first-order chi connectivity index (χ1) is 12.5. The van der Waals surface area contributed by atoms with E-state index in [0.717, 1.165) is 30.8 Å². The number of hydrogen-bond acceptors (Lipinski definition) is 4. The molecule has 2 amide bonds. The molecule has 1 heterocycles. The van der Waals surface area contributed by atoms with E-state index in [0.29, 0.717) is 25.7 Å². The SMILES string of the molecule is CCOC(=O)N1CCCC(C(=O)Nc2ccc(N(CC)C(C)C)cc2)C1. The van der Waals surface area contributed by atoms with E-state index in [1.165, 1.54) is 0 Å². The minimum absolute atomic E-state index is 0.0389. The minimum Gasteiger partial charge on any atom is -0.450 e. The Morgan fingerprint density at radius 3 is 2.54 bits per heavy atom. The van der Waals surface area contributed by atoms with Crippen LogP contribution in [-0.4, -0.2) is 49.2 Å². The Morgan fingerprint density at radius 2 is 1.96 bits per heavy atom. The molecule has 1 N–H and O–H groups in total. The molecule has 1 atom stereocenters. The monoisotopic (exact) mass is 361 g/mol. The largest absolute Gasteiger partial charge is 0.450 e. The van der Waals surface area contributed by atoms with Crippen molar-refractivity contribution in [3.8, 4) is 0 Å². The zero-order chi connectivity index (χ0) is 19.1. The topological polar surface area (TPSA) is 61.9 Å². The molecule has 0 bridgehead atoms. The second-order valence-electron chi connectivity index (χ2n) is 6.90. The van der Waals surface area contributed by atoms with Gasteiger partial charge >= 0.3 is 6.09 Å². The molecule has 1 saturated heterocycles. The van der Waals surface area contributed by atoms with E-state index in [-0.39, 0.29) is 17.9 Å². The van der Waals surface area contributed by atoms with Gasteiger partial charge in [0, 0.05) is 37.1 Å².